The number of carbonyl (C=O) groups excluding carboxylic acids is 1. The van der Waals surface area contributed by atoms with Crippen LogP contribution in [0.3, 0.4) is 0 Å². The number of benzene rings is 1. The number of hydrogen-bond donors (Lipinski definition) is 2. The van der Waals surface area contributed by atoms with E-state index in [0.717, 1.165) is 23.5 Å². The Bertz CT molecular complexity index is 541. The maximum Gasteiger partial charge on any atom is 0.240 e. The molecule has 0 spiro atoms. The summed E-state index contributed by atoms with van der Waals surface area (Å²) in [6, 6.07) is 5.87. The van der Waals surface area contributed by atoms with Gasteiger partial charge >= 0.3 is 0 Å². The van der Waals surface area contributed by atoms with Crippen LogP contribution >= 0.6 is 0 Å². The fourth-order valence-electron chi connectivity index (χ4n) is 2.70. The Morgan fingerprint density at radius 1 is 1.14 bits per heavy atom. The summed E-state index contributed by atoms with van der Waals surface area (Å²) in [5.74, 6) is 1.46. The van der Waals surface area contributed by atoms with Crippen LogP contribution in [-0.2, 0) is 16.0 Å². The van der Waals surface area contributed by atoms with E-state index in [-0.39, 0.29) is 5.91 Å². The minimum absolute atomic E-state index is 0.0895. The number of nitrogens with one attached hydrogen (secondary N) is 1. The summed E-state index contributed by atoms with van der Waals surface area (Å²) in [5, 5.41) is 2.93. The van der Waals surface area contributed by atoms with Crippen molar-refractivity contribution >= 4 is 5.91 Å². The number of nitrogens with two attached hydrogens (primary N) is 1. The number of fused-ring (bicyclic) bond motifs is 1. The van der Waals surface area contributed by atoms with E-state index in [1.807, 2.05) is 18.2 Å². The molecule has 6 heteroatoms. The number of ether oxygens (including phenoxy) is 3. The van der Waals surface area contributed by atoms with Gasteiger partial charge in [0.15, 0.2) is 11.5 Å². The van der Waals surface area contributed by atoms with E-state index >= 15 is 0 Å². The first-order valence-corrected chi connectivity index (χ1v) is 7.71. The van der Waals surface area contributed by atoms with Crippen molar-refractivity contribution in [2.45, 2.75) is 24.8 Å². The van der Waals surface area contributed by atoms with Crippen LogP contribution in [0.1, 0.15) is 18.4 Å². The lowest BCUT2D eigenvalue weighted by atomic mass is 9.90. The third-order valence-corrected chi connectivity index (χ3v) is 4.14. The highest BCUT2D eigenvalue weighted by Gasteiger charge is 2.35. The summed E-state index contributed by atoms with van der Waals surface area (Å²) in [6.45, 7) is 2.81. The van der Waals surface area contributed by atoms with Crippen LogP contribution in [0.5, 0.6) is 11.5 Å². The average Bonchev–Trinajstić information content (AvgIpc) is 2.55. The number of hydrogen-bond acceptors (Lipinski definition) is 5. The fourth-order valence-corrected chi connectivity index (χ4v) is 2.70. The van der Waals surface area contributed by atoms with Gasteiger partial charge < -0.3 is 25.3 Å². The lowest BCUT2D eigenvalue weighted by Crippen LogP contribution is -2.57. The molecule has 0 aliphatic carbocycles. The van der Waals surface area contributed by atoms with Crippen LogP contribution < -0.4 is 20.5 Å². The first kappa shape index (κ1) is 15.1. The zero-order chi connectivity index (χ0) is 15.4. The Hall–Kier alpha value is -1.79. The molecule has 0 bridgehead atoms. The molecular formula is C16H22N2O4. The van der Waals surface area contributed by atoms with Crippen LogP contribution in [0.4, 0.5) is 0 Å². The smallest absolute Gasteiger partial charge is 0.240 e. The molecule has 0 unspecified atom stereocenters. The van der Waals surface area contributed by atoms with Crippen LogP contribution in [0.15, 0.2) is 18.2 Å². The molecule has 0 atom stereocenters. The summed E-state index contributed by atoms with van der Waals surface area (Å²) < 4.78 is 16.3. The predicted octanol–water partition coefficient (Wildman–Crippen LogP) is 0.624. The van der Waals surface area contributed by atoms with Crippen molar-refractivity contribution in [3.8, 4) is 11.5 Å². The quantitative estimate of drug-likeness (QED) is 0.852. The highest BCUT2D eigenvalue weighted by molar-refractivity contribution is 5.86. The molecule has 0 radical (unpaired) electrons. The van der Waals surface area contributed by atoms with Gasteiger partial charge in [0.25, 0.3) is 0 Å². The molecule has 1 fully saturated rings. The zero-order valence-corrected chi connectivity index (χ0v) is 12.6. The van der Waals surface area contributed by atoms with Gasteiger partial charge in [-0.1, -0.05) is 6.07 Å². The molecule has 2 aliphatic heterocycles. The molecule has 1 aromatic carbocycles. The van der Waals surface area contributed by atoms with Crippen LogP contribution in [0, 0.1) is 0 Å². The number of rotatable bonds is 4. The van der Waals surface area contributed by atoms with E-state index in [9.17, 15) is 4.79 Å². The molecule has 0 aromatic heterocycles. The normalized spacial score (nSPS) is 19.5. The largest absolute Gasteiger partial charge is 0.486 e. The van der Waals surface area contributed by atoms with Gasteiger partial charge in [-0.05, 0) is 37.0 Å². The molecule has 6 nitrogen and oxygen atoms in total. The van der Waals surface area contributed by atoms with Gasteiger partial charge in [0.2, 0.25) is 5.91 Å². The van der Waals surface area contributed by atoms with E-state index in [0.29, 0.717) is 45.8 Å². The molecule has 3 rings (SSSR count). The monoisotopic (exact) mass is 306 g/mol. The lowest BCUT2D eigenvalue weighted by molar-refractivity contribution is -0.129. The summed E-state index contributed by atoms with van der Waals surface area (Å²) >= 11 is 0. The van der Waals surface area contributed by atoms with Crippen molar-refractivity contribution < 1.29 is 19.0 Å². The fraction of sp³-hybridized carbons (Fsp3) is 0.562. The Balaban J connectivity index is 1.51. The van der Waals surface area contributed by atoms with Gasteiger partial charge in [0.05, 0.1) is 5.54 Å². The van der Waals surface area contributed by atoms with Crippen LogP contribution in [0.25, 0.3) is 0 Å². The Morgan fingerprint density at radius 3 is 2.64 bits per heavy atom. The Labute approximate surface area is 129 Å². The second kappa shape index (κ2) is 6.54. The van der Waals surface area contributed by atoms with Crippen LogP contribution in [-0.4, -0.2) is 44.4 Å². The maximum atomic E-state index is 12.2. The van der Waals surface area contributed by atoms with Gasteiger partial charge in [-0.25, -0.2) is 0 Å². The van der Waals surface area contributed by atoms with Crippen molar-refractivity contribution in [1.29, 1.82) is 0 Å². The molecule has 1 aromatic rings. The summed E-state index contributed by atoms with van der Waals surface area (Å²) in [7, 11) is 0. The first-order valence-electron chi connectivity index (χ1n) is 7.71. The third kappa shape index (κ3) is 3.34. The van der Waals surface area contributed by atoms with Crippen molar-refractivity contribution in [2.75, 3.05) is 33.0 Å². The average molecular weight is 306 g/mol. The van der Waals surface area contributed by atoms with Crippen LogP contribution in [0.2, 0.25) is 0 Å². The topological polar surface area (TPSA) is 82.8 Å². The Kier molecular flexibility index (Phi) is 4.49. The standard InChI is InChI=1S/C16H22N2O4/c17-16(4-7-20-8-5-16)15(19)18-6-3-12-1-2-13-14(11-12)22-10-9-21-13/h1-2,11H,3-10,17H2,(H,18,19). The van der Waals surface area contributed by atoms with E-state index in [1.165, 1.54) is 0 Å². The molecular weight excluding hydrogens is 284 g/mol. The number of amides is 1. The molecule has 2 heterocycles. The summed E-state index contributed by atoms with van der Waals surface area (Å²) in [6.07, 6.45) is 1.88. The second-order valence-corrected chi connectivity index (χ2v) is 5.75. The van der Waals surface area contributed by atoms with Gasteiger partial charge in [-0.15, -0.1) is 0 Å². The first-order chi connectivity index (χ1) is 10.7. The summed E-state index contributed by atoms with van der Waals surface area (Å²) in [4.78, 5) is 12.2. The molecule has 3 N–H and O–H groups in total. The molecule has 120 valence electrons. The second-order valence-electron chi connectivity index (χ2n) is 5.75. The number of carbonyl (C=O) groups is 1. The highest BCUT2D eigenvalue weighted by Crippen LogP contribution is 2.30. The Morgan fingerprint density at radius 2 is 1.86 bits per heavy atom. The molecule has 1 amide bonds. The SMILES string of the molecule is NC1(C(=O)NCCc2ccc3c(c2)OCCO3)CCOCC1. The minimum atomic E-state index is -0.787. The van der Waals surface area contributed by atoms with E-state index < -0.39 is 5.54 Å². The van der Waals surface area contributed by atoms with Gasteiger partial charge in [0.1, 0.15) is 13.2 Å². The lowest BCUT2D eigenvalue weighted by Gasteiger charge is -2.31. The maximum absolute atomic E-state index is 12.2. The van der Waals surface area contributed by atoms with Crippen molar-refractivity contribution in [1.82, 2.24) is 5.32 Å². The van der Waals surface area contributed by atoms with Crippen molar-refractivity contribution in [3.05, 3.63) is 23.8 Å². The third-order valence-electron chi connectivity index (χ3n) is 4.14. The molecule has 2 aliphatic rings. The molecule has 22 heavy (non-hydrogen) atoms. The van der Waals surface area contributed by atoms with E-state index in [4.69, 9.17) is 19.9 Å². The highest BCUT2D eigenvalue weighted by atomic mass is 16.6. The molecule has 1 saturated heterocycles. The van der Waals surface area contributed by atoms with Crippen molar-refractivity contribution in [2.24, 2.45) is 5.73 Å². The van der Waals surface area contributed by atoms with Gasteiger partial charge in [0, 0.05) is 19.8 Å². The van der Waals surface area contributed by atoms with Crippen molar-refractivity contribution in [3.63, 3.8) is 0 Å². The van der Waals surface area contributed by atoms with Gasteiger partial charge in [-0.3, -0.25) is 4.79 Å². The molecule has 0 saturated carbocycles. The van der Waals surface area contributed by atoms with E-state index in [1.54, 1.807) is 0 Å². The van der Waals surface area contributed by atoms with Gasteiger partial charge in [-0.2, -0.15) is 0 Å². The van der Waals surface area contributed by atoms with E-state index in [2.05, 4.69) is 5.32 Å². The zero-order valence-electron chi connectivity index (χ0n) is 12.6. The minimum Gasteiger partial charge on any atom is -0.486 e. The summed E-state index contributed by atoms with van der Waals surface area (Å²) in [5.41, 5.74) is 6.46. The predicted molar refractivity (Wildman–Crippen MR) is 81.1 cm³/mol.